The number of fused-ring (bicyclic) bond motifs is 2. The summed E-state index contributed by atoms with van der Waals surface area (Å²) >= 11 is 0. The number of rotatable bonds is 2. The highest BCUT2D eigenvalue weighted by Crippen LogP contribution is 2.37. The van der Waals surface area contributed by atoms with E-state index >= 15 is 0 Å². The fourth-order valence-corrected chi connectivity index (χ4v) is 3.98. The zero-order chi connectivity index (χ0) is 13.7. The maximum Gasteiger partial charge on any atom is 0.0477 e. The summed E-state index contributed by atoms with van der Waals surface area (Å²) in [6.07, 6.45) is 3.40. The van der Waals surface area contributed by atoms with E-state index in [9.17, 15) is 0 Å². The second-order valence-corrected chi connectivity index (χ2v) is 6.72. The number of nitrogens with one attached hydrogen (secondary N) is 1. The summed E-state index contributed by atoms with van der Waals surface area (Å²) in [4.78, 5) is 8.71. The summed E-state index contributed by atoms with van der Waals surface area (Å²) in [5.74, 6) is 0.761. The Kier molecular flexibility index (Phi) is 2.77. The van der Waals surface area contributed by atoms with Crippen LogP contribution in [0.25, 0.3) is 10.9 Å². The van der Waals surface area contributed by atoms with Gasteiger partial charge in [0.05, 0.1) is 0 Å². The number of piperazine rings is 1. The van der Waals surface area contributed by atoms with Gasteiger partial charge in [-0.05, 0) is 30.0 Å². The quantitative estimate of drug-likeness (QED) is 0.905. The molecule has 1 aromatic heterocycles. The average Bonchev–Trinajstić information content (AvgIpc) is 2.83. The Balaban J connectivity index is 1.66. The van der Waals surface area contributed by atoms with Crippen LogP contribution >= 0.6 is 0 Å². The first-order valence-electron chi connectivity index (χ1n) is 7.80. The van der Waals surface area contributed by atoms with Crippen LogP contribution in [0.15, 0.2) is 24.4 Å². The average molecular weight is 269 g/mol. The molecule has 0 radical (unpaired) electrons. The largest absolute Gasteiger partial charge is 0.365 e. The Morgan fingerprint density at radius 1 is 1.30 bits per heavy atom. The van der Waals surface area contributed by atoms with Gasteiger partial charge in [0.25, 0.3) is 0 Å². The van der Waals surface area contributed by atoms with E-state index in [1.165, 1.54) is 54.8 Å². The Morgan fingerprint density at radius 2 is 2.20 bits per heavy atom. The molecule has 3 heteroatoms. The highest BCUT2D eigenvalue weighted by Gasteiger charge is 2.32. The molecule has 2 aliphatic rings. The van der Waals surface area contributed by atoms with Gasteiger partial charge in [0.2, 0.25) is 0 Å². The van der Waals surface area contributed by atoms with Gasteiger partial charge in [-0.3, -0.25) is 4.90 Å². The van der Waals surface area contributed by atoms with Crippen LogP contribution in [0, 0.1) is 5.92 Å². The van der Waals surface area contributed by atoms with E-state index in [1.54, 1.807) is 0 Å². The third-order valence-corrected chi connectivity index (χ3v) is 4.72. The third kappa shape index (κ3) is 1.84. The number of hydrogen-bond acceptors (Lipinski definition) is 2. The molecule has 0 saturated carbocycles. The van der Waals surface area contributed by atoms with Crippen molar-refractivity contribution in [2.24, 2.45) is 5.92 Å². The first-order chi connectivity index (χ1) is 9.72. The van der Waals surface area contributed by atoms with E-state index in [1.807, 2.05) is 0 Å². The predicted molar refractivity (Wildman–Crippen MR) is 84.4 cm³/mol. The second-order valence-electron chi connectivity index (χ2n) is 6.72. The molecule has 1 N–H and O–H groups in total. The summed E-state index contributed by atoms with van der Waals surface area (Å²) in [5, 5.41) is 1.46. The fourth-order valence-electron chi connectivity index (χ4n) is 3.98. The molecule has 1 fully saturated rings. The zero-order valence-electron chi connectivity index (χ0n) is 12.4. The number of anilines is 1. The molecule has 20 heavy (non-hydrogen) atoms. The summed E-state index contributed by atoms with van der Waals surface area (Å²) in [6.45, 7) is 9.44. The predicted octanol–water partition coefficient (Wildman–Crippen LogP) is 2.87. The molecule has 0 spiro atoms. The van der Waals surface area contributed by atoms with Crippen molar-refractivity contribution in [2.75, 3.05) is 31.1 Å². The van der Waals surface area contributed by atoms with Crippen LogP contribution in [0.3, 0.4) is 0 Å². The molecule has 1 unspecified atom stereocenters. The molecular formula is C17H23N3. The summed E-state index contributed by atoms with van der Waals surface area (Å²) in [7, 11) is 0. The molecular weight excluding hydrogens is 246 g/mol. The van der Waals surface area contributed by atoms with Crippen LogP contribution in [-0.4, -0.2) is 42.1 Å². The number of aromatic nitrogens is 1. The van der Waals surface area contributed by atoms with E-state index in [-0.39, 0.29) is 0 Å². The molecule has 3 nitrogen and oxygen atoms in total. The minimum atomic E-state index is 0.649. The Labute approximate surface area is 120 Å². The van der Waals surface area contributed by atoms with Crippen molar-refractivity contribution in [3.8, 4) is 0 Å². The third-order valence-electron chi connectivity index (χ3n) is 4.72. The lowest BCUT2D eigenvalue weighted by atomic mass is 9.94. The molecule has 0 bridgehead atoms. The molecule has 0 amide bonds. The van der Waals surface area contributed by atoms with E-state index in [4.69, 9.17) is 0 Å². The summed E-state index contributed by atoms with van der Waals surface area (Å²) < 4.78 is 0. The summed E-state index contributed by atoms with van der Waals surface area (Å²) in [6, 6.07) is 7.32. The van der Waals surface area contributed by atoms with Gasteiger partial charge in [0.1, 0.15) is 0 Å². The molecule has 4 rings (SSSR count). The molecule has 1 saturated heterocycles. The number of nitrogens with zero attached hydrogens (tertiary/aromatic N) is 2. The Hall–Kier alpha value is -1.48. The molecule has 106 valence electrons. The molecule has 2 aliphatic heterocycles. The molecule has 1 aromatic carbocycles. The van der Waals surface area contributed by atoms with Gasteiger partial charge in [-0.2, -0.15) is 0 Å². The van der Waals surface area contributed by atoms with Gasteiger partial charge in [0, 0.05) is 55.0 Å². The van der Waals surface area contributed by atoms with Crippen molar-refractivity contribution in [1.82, 2.24) is 9.88 Å². The van der Waals surface area contributed by atoms with Gasteiger partial charge < -0.3 is 9.88 Å². The van der Waals surface area contributed by atoms with E-state index < -0.39 is 0 Å². The van der Waals surface area contributed by atoms with Crippen molar-refractivity contribution < 1.29 is 0 Å². The van der Waals surface area contributed by atoms with Gasteiger partial charge in [-0.25, -0.2) is 0 Å². The lowest BCUT2D eigenvalue weighted by Gasteiger charge is -2.45. The van der Waals surface area contributed by atoms with Crippen molar-refractivity contribution in [3.05, 3.63) is 30.0 Å². The standard InChI is InChI=1S/C17H23N3/c1-12(2)10-19-6-7-20-14(11-19)8-13-9-18-15-4-3-5-16(20)17(13)15/h3-5,9,12,14,18H,6-8,10-11H2,1-2H3. The van der Waals surface area contributed by atoms with E-state index in [0.717, 1.165) is 5.92 Å². The maximum absolute atomic E-state index is 3.43. The second kappa shape index (κ2) is 4.52. The van der Waals surface area contributed by atoms with Gasteiger partial charge in [-0.1, -0.05) is 19.9 Å². The van der Waals surface area contributed by atoms with Gasteiger partial charge >= 0.3 is 0 Å². The van der Waals surface area contributed by atoms with Gasteiger partial charge in [0.15, 0.2) is 0 Å². The molecule has 0 aliphatic carbocycles. The maximum atomic E-state index is 3.43. The van der Waals surface area contributed by atoms with E-state index in [0.29, 0.717) is 6.04 Å². The SMILES string of the molecule is CC(C)CN1CCN2c3cccc4[nH]cc(c34)CC2C1. The van der Waals surface area contributed by atoms with Crippen LogP contribution in [0.1, 0.15) is 19.4 Å². The number of H-pyrrole nitrogens is 1. The van der Waals surface area contributed by atoms with Crippen molar-refractivity contribution in [1.29, 1.82) is 0 Å². The number of benzene rings is 1. The highest BCUT2D eigenvalue weighted by atomic mass is 15.3. The smallest absolute Gasteiger partial charge is 0.0477 e. The normalized spacial score (nSPS) is 22.6. The van der Waals surface area contributed by atoms with Gasteiger partial charge in [-0.15, -0.1) is 0 Å². The molecule has 1 atom stereocenters. The topological polar surface area (TPSA) is 22.3 Å². The number of hydrogen-bond donors (Lipinski definition) is 1. The van der Waals surface area contributed by atoms with Crippen LogP contribution < -0.4 is 4.90 Å². The first-order valence-corrected chi connectivity index (χ1v) is 7.80. The molecule has 3 heterocycles. The van der Waals surface area contributed by atoms with Crippen LogP contribution in [0.4, 0.5) is 5.69 Å². The minimum absolute atomic E-state index is 0.649. The van der Waals surface area contributed by atoms with E-state index in [2.05, 4.69) is 53.0 Å². The molecule has 2 aromatic rings. The van der Waals surface area contributed by atoms with Crippen LogP contribution in [-0.2, 0) is 6.42 Å². The van der Waals surface area contributed by atoms with Crippen LogP contribution in [0.5, 0.6) is 0 Å². The Morgan fingerprint density at radius 3 is 3.05 bits per heavy atom. The summed E-state index contributed by atoms with van der Waals surface area (Å²) in [5.41, 5.74) is 4.24. The monoisotopic (exact) mass is 269 g/mol. The van der Waals surface area contributed by atoms with Crippen molar-refractivity contribution in [3.63, 3.8) is 0 Å². The van der Waals surface area contributed by atoms with Crippen molar-refractivity contribution in [2.45, 2.75) is 26.3 Å². The van der Waals surface area contributed by atoms with Crippen LogP contribution in [0.2, 0.25) is 0 Å². The Bertz CT molecular complexity index is 628. The first kappa shape index (κ1) is 12.3. The van der Waals surface area contributed by atoms with Crippen molar-refractivity contribution >= 4 is 16.6 Å². The minimum Gasteiger partial charge on any atom is -0.365 e. The number of aromatic amines is 1. The fraction of sp³-hybridized carbons (Fsp3) is 0.529. The lowest BCUT2D eigenvalue weighted by Crippen LogP contribution is -2.55. The highest BCUT2D eigenvalue weighted by molar-refractivity contribution is 5.96. The lowest BCUT2D eigenvalue weighted by molar-refractivity contribution is 0.200. The zero-order valence-corrected chi connectivity index (χ0v) is 12.4.